The van der Waals surface area contributed by atoms with Gasteiger partial charge >= 0.3 is 5.97 Å². The topological polar surface area (TPSA) is 26.3 Å². The van der Waals surface area contributed by atoms with Gasteiger partial charge in [0.25, 0.3) is 0 Å². The smallest absolute Gasteiger partial charge is 0.330 e. The summed E-state index contributed by atoms with van der Waals surface area (Å²) in [7, 11) is 1.37. The summed E-state index contributed by atoms with van der Waals surface area (Å²) in [5, 5.41) is 0. The molecule has 0 amide bonds. The van der Waals surface area contributed by atoms with E-state index in [1.165, 1.54) is 18.1 Å². The molecule has 0 fully saturated rings. The zero-order chi connectivity index (χ0) is 11.1. The Kier molecular flexibility index (Phi) is 4.98. The van der Waals surface area contributed by atoms with Crippen molar-refractivity contribution in [2.45, 2.75) is 11.8 Å². The predicted octanol–water partition coefficient (Wildman–Crippen LogP) is 2.98. The predicted molar refractivity (Wildman–Crippen MR) is 63.9 cm³/mol. The molecule has 0 aliphatic rings. The summed E-state index contributed by atoms with van der Waals surface area (Å²) in [5.74, 6) is 0.735. The van der Waals surface area contributed by atoms with E-state index in [2.05, 4.69) is 11.7 Å². The van der Waals surface area contributed by atoms with Gasteiger partial charge in [0.05, 0.1) is 7.11 Å². The van der Waals surface area contributed by atoms with Crippen LogP contribution >= 0.6 is 11.8 Å². The number of hydrogen-bond donors (Lipinski definition) is 0. The second-order valence-electron chi connectivity index (χ2n) is 2.86. The van der Waals surface area contributed by atoms with Crippen molar-refractivity contribution in [3.8, 4) is 0 Å². The second-order valence-corrected chi connectivity index (χ2v) is 4.20. The lowest BCUT2D eigenvalue weighted by molar-refractivity contribution is -0.134. The fraction of sp³-hybridized carbons (Fsp3) is 0.250. The fourth-order valence-corrected chi connectivity index (χ4v) is 1.74. The van der Waals surface area contributed by atoms with Crippen molar-refractivity contribution in [2.75, 3.05) is 12.9 Å². The van der Waals surface area contributed by atoms with Crippen LogP contribution in [0.15, 0.2) is 35.2 Å². The highest BCUT2D eigenvalue weighted by Crippen LogP contribution is 2.18. The number of esters is 1. The molecule has 0 unspecified atom stereocenters. The monoisotopic (exact) mass is 222 g/mol. The largest absolute Gasteiger partial charge is 0.466 e. The van der Waals surface area contributed by atoms with Gasteiger partial charge in [-0.2, -0.15) is 0 Å². The van der Waals surface area contributed by atoms with Crippen LogP contribution in [-0.2, 0) is 9.53 Å². The van der Waals surface area contributed by atoms with Crippen molar-refractivity contribution in [1.82, 2.24) is 0 Å². The molecular formula is C12H14O2S. The van der Waals surface area contributed by atoms with Crippen molar-refractivity contribution in [3.05, 3.63) is 35.9 Å². The summed E-state index contributed by atoms with van der Waals surface area (Å²) < 4.78 is 4.50. The molecule has 3 heteroatoms. The lowest BCUT2D eigenvalue weighted by Crippen LogP contribution is -1.93. The molecule has 1 aromatic rings. The van der Waals surface area contributed by atoms with Crippen LogP contribution in [0.1, 0.15) is 12.5 Å². The van der Waals surface area contributed by atoms with Gasteiger partial charge in [0.1, 0.15) is 0 Å². The molecule has 0 bridgehead atoms. The Morgan fingerprint density at radius 2 is 2.07 bits per heavy atom. The second kappa shape index (κ2) is 6.30. The van der Waals surface area contributed by atoms with E-state index >= 15 is 0 Å². The SMILES string of the molecule is CCSc1ccc(/C=C/C(=O)OC)cc1. The first-order valence-corrected chi connectivity index (χ1v) is 5.73. The van der Waals surface area contributed by atoms with Crippen LogP contribution in [0.3, 0.4) is 0 Å². The molecule has 0 aliphatic heterocycles. The average Bonchev–Trinajstić information content (AvgIpc) is 2.28. The van der Waals surface area contributed by atoms with E-state index in [9.17, 15) is 4.79 Å². The standard InChI is InChI=1S/C12H14O2S/c1-3-15-11-7-4-10(5-8-11)6-9-12(13)14-2/h4-9H,3H2,1-2H3/b9-6+. The summed E-state index contributed by atoms with van der Waals surface area (Å²) in [6.45, 7) is 2.12. The van der Waals surface area contributed by atoms with E-state index in [-0.39, 0.29) is 5.97 Å². The molecule has 0 aliphatic carbocycles. The minimum absolute atomic E-state index is 0.331. The quantitative estimate of drug-likeness (QED) is 0.445. The molecule has 0 N–H and O–H groups in total. The van der Waals surface area contributed by atoms with Gasteiger partial charge < -0.3 is 4.74 Å². The Labute approximate surface area is 94.3 Å². The third-order valence-corrected chi connectivity index (χ3v) is 2.70. The molecule has 1 aromatic carbocycles. The minimum Gasteiger partial charge on any atom is -0.466 e. The van der Waals surface area contributed by atoms with Gasteiger partial charge in [-0.15, -0.1) is 11.8 Å². The summed E-state index contributed by atoms with van der Waals surface area (Å²) in [6.07, 6.45) is 3.16. The zero-order valence-electron chi connectivity index (χ0n) is 8.90. The molecule has 0 radical (unpaired) electrons. The molecule has 0 saturated heterocycles. The maximum absolute atomic E-state index is 10.8. The first-order chi connectivity index (χ1) is 7.26. The lowest BCUT2D eigenvalue weighted by atomic mass is 10.2. The van der Waals surface area contributed by atoms with Crippen molar-refractivity contribution in [1.29, 1.82) is 0 Å². The van der Waals surface area contributed by atoms with Crippen LogP contribution in [0.5, 0.6) is 0 Å². The Morgan fingerprint density at radius 3 is 2.60 bits per heavy atom. The Bertz CT molecular complexity index is 341. The van der Waals surface area contributed by atoms with Crippen molar-refractivity contribution < 1.29 is 9.53 Å². The van der Waals surface area contributed by atoms with Gasteiger partial charge in [-0.3, -0.25) is 0 Å². The molecule has 0 spiro atoms. The highest BCUT2D eigenvalue weighted by atomic mass is 32.2. The van der Waals surface area contributed by atoms with E-state index in [4.69, 9.17) is 0 Å². The van der Waals surface area contributed by atoms with Crippen LogP contribution in [0.4, 0.5) is 0 Å². The number of thioether (sulfide) groups is 1. The van der Waals surface area contributed by atoms with Gasteiger partial charge in [0, 0.05) is 11.0 Å². The molecule has 1 rings (SSSR count). The number of benzene rings is 1. The van der Waals surface area contributed by atoms with Gasteiger partial charge in [-0.1, -0.05) is 19.1 Å². The van der Waals surface area contributed by atoms with Crippen LogP contribution in [0, 0.1) is 0 Å². The van der Waals surface area contributed by atoms with Crippen LogP contribution in [0.25, 0.3) is 6.08 Å². The summed E-state index contributed by atoms with van der Waals surface area (Å²) >= 11 is 1.80. The van der Waals surface area contributed by atoms with Gasteiger partial charge in [-0.05, 0) is 29.5 Å². The Balaban J connectivity index is 2.64. The molecule has 0 heterocycles. The number of ether oxygens (including phenoxy) is 1. The molecule has 80 valence electrons. The number of hydrogen-bond acceptors (Lipinski definition) is 3. The van der Waals surface area contributed by atoms with Gasteiger partial charge in [-0.25, -0.2) is 4.79 Å². The first-order valence-electron chi connectivity index (χ1n) is 4.75. The third kappa shape index (κ3) is 4.21. The lowest BCUT2D eigenvalue weighted by Gasteiger charge is -1.98. The normalized spacial score (nSPS) is 10.5. The van der Waals surface area contributed by atoms with Crippen molar-refractivity contribution in [2.24, 2.45) is 0 Å². The molecule has 15 heavy (non-hydrogen) atoms. The van der Waals surface area contributed by atoms with E-state index in [0.717, 1.165) is 11.3 Å². The minimum atomic E-state index is -0.331. The van der Waals surface area contributed by atoms with Crippen LogP contribution in [-0.4, -0.2) is 18.8 Å². The van der Waals surface area contributed by atoms with Gasteiger partial charge in [0.15, 0.2) is 0 Å². The fourth-order valence-electron chi connectivity index (χ4n) is 1.07. The van der Waals surface area contributed by atoms with E-state index in [1.807, 2.05) is 24.3 Å². The number of methoxy groups -OCH3 is 1. The Morgan fingerprint density at radius 1 is 1.40 bits per heavy atom. The maximum atomic E-state index is 10.8. The summed E-state index contributed by atoms with van der Waals surface area (Å²) in [4.78, 5) is 12.1. The first kappa shape index (κ1) is 11.9. The average molecular weight is 222 g/mol. The zero-order valence-corrected chi connectivity index (χ0v) is 9.71. The highest BCUT2D eigenvalue weighted by Gasteiger charge is 1.93. The number of carbonyl (C=O) groups excluding carboxylic acids is 1. The van der Waals surface area contributed by atoms with Crippen LogP contribution < -0.4 is 0 Å². The van der Waals surface area contributed by atoms with Gasteiger partial charge in [0.2, 0.25) is 0 Å². The molecule has 0 atom stereocenters. The van der Waals surface area contributed by atoms with E-state index in [1.54, 1.807) is 17.8 Å². The molecular weight excluding hydrogens is 208 g/mol. The molecule has 0 aromatic heterocycles. The number of rotatable bonds is 4. The van der Waals surface area contributed by atoms with Crippen molar-refractivity contribution in [3.63, 3.8) is 0 Å². The van der Waals surface area contributed by atoms with E-state index in [0.29, 0.717) is 0 Å². The van der Waals surface area contributed by atoms with Crippen molar-refractivity contribution >= 4 is 23.8 Å². The molecule has 0 saturated carbocycles. The van der Waals surface area contributed by atoms with E-state index < -0.39 is 0 Å². The summed E-state index contributed by atoms with van der Waals surface area (Å²) in [6, 6.07) is 8.06. The highest BCUT2D eigenvalue weighted by molar-refractivity contribution is 7.99. The Hall–Kier alpha value is -1.22. The maximum Gasteiger partial charge on any atom is 0.330 e. The summed E-state index contributed by atoms with van der Waals surface area (Å²) in [5.41, 5.74) is 1.00. The number of carbonyl (C=O) groups is 1. The van der Waals surface area contributed by atoms with Crippen LogP contribution in [0.2, 0.25) is 0 Å². The third-order valence-electron chi connectivity index (χ3n) is 1.80. The molecule has 2 nitrogen and oxygen atoms in total.